The first-order chi connectivity index (χ1) is 14.2. The summed E-state index contributed by atoms with van der Waals surface area (Å²) >= 11 is 0. The average Bonchev–Trinajstić information content (AvgIpc) is 3.21. The molecule has 1 aliphatic carbocycles. The van der Waals surface area contributed by atoms with Crippen LogP contribution in [0.4, 0.5) is 22.0 Å². The molecule has 1 saturated carbocycles. The molecule has 0 aliphatic heterocycles. The predicted molar refractivity (Wildman–Crippen MR) is 91.9 cm³/mol. The summed E-state index contributed by atoms with van der Waals surface area (Å²) in [7, 11) is 0. The third-order valence-corrected chi connectivity index (χ3v) is 5.17. The number of benzene rings is 2. The Morgan fingerprint density at radius 3 is 2.00 bits per heavy atom. The van der Waals surface area contributed by atoms with Gasteiger partial charge in [0.1, 0.15) is 5.75 Å². The van der Waals surface area contributed by atoms with E-state index in [1.807, 2.05) is 0 Å². The third kappa shape index (κ3) is 4.29. The zero-order valence-electron chi connectivity index (χ0n) is 15.3. The largest absolute Gasteiger partial charge is 0.426 e. The molecule has 3 rings (SSSR count). The Morgan fingerprint density at radius 1 is 0.900 bits per heavy atom. The van der Waals surface area contributed by atoms with Crippen molar-refractivity contribution in [2.75, 3.05) is 0 Å². The lowest BCUT2D eigenvalue weighted by atomic mass is 9.81. The van der Waals surface area contributed by atoms with Crippen molar-refractivity contribution in [3.8, 4) is 5.75 Å². The highest BCUT2D eigenvalue weighted by Gasteiger charge is 2.41. The fourth-order valence-corrected chi connectivity index (χ4v) is 3.71. The normalized spacial score (nSPS) is 19.5. The molecule has 0 aromatic heterocycles. The standard InChI is InChI=1S/C21H15F5O4/c22-16-15(17(23)19(25)20(26)18(16)24)13(10-6-7-11(8-10)21(28)29)9-14(27)30-12-4-2-1-3-5-12/h1-5,9-11,13H,6-8H2. The van der Waals surface area contributed by atoms with Crippen molar-refractivity contribution in [2.45, 2.75) is 25.2 Å². The van der Waals surface area contributed by atoms with E-state index in [1.165, 1.54) is 12.1 Å². The molecule has 1 aliphatic rings. The van der Waals surface area contributed by atoms with Crippen LogP contribution in [-0.4, -0.2) is 11.9 Å². The van der Waals surface area contributed by atoms with E-state index in [4.69, 9.17) is 4.74 Å². The Hall–Kier alpha value is -2.97. The number of hydrogen-bond donors (Lipinski definition) is 0. The highest BCUT2D eigenvalue weighted by Crippen LogP contribution is 2.44. The first-order valence-electron chi connectivity index (χ1n) is 9.04. The maximum Gasteiger partial charge on any atom is 0.358 e. The molecule has 2 aromatic rings. The van der Waals surface area contributed by atoms with Gasteiger partial charge in [-0.3, -0.25) is 4.79 Å². The second-order valence-electron chi connectivity index (χ2n) is 7.00. The van der Waals surface area contributed by atoms with Crippen LogP contribution in [-0.2, 0) is 14.7 Å². The van der Waals surface area contributed by atoms with Gasteiger partial charge in [0.2, 0.25) is 5.82 Å². The second kappa shape index (κ2) is 8.81. The molecule has 2 aromatic carbocycles. The number of esters is 1. The first-order valence-corrected chi connectivity index (χ1v) is 9.04. The van der Waals surface area contributed by atoms with Crippen molar-refractivity contribution in [2.24, 2.45) is 11.8 Å². The minimum atomic E-state index is -2.32. The van der Waals surface area contributed by atoms with Gasteiger partial charge in [0.15, 0.2) is 23.3 Å². The Bertz CT molecular complexity index is 935. The summed E-state index contributed by atoms with van der Waals surface area (Å²) in [5, 5.41) is 11.1. The van der Waals surface area contributed by atoms with Gasteiger partial charge in [0.05, 0.1) is 12.3 Å². The van der Waals surface area contributed by atoms with Crippen LogP contribution in [0.25, 0.3) is 0 Å². The van der Waals surface area contributed by atoms with E-state index in [0.717, 1.165) is 0 Å². The van der Waals surface area contributed by atoms with Gasteiger partial charge in [0, 0.05) is 11.5 Å². The van der Waals surface area contributed by atoms with Crippen molar-refractivity contribution < 1.29 is 41.4 Å². The molecule has 0 bridgehead atoms. The van der Waals surface area contributed by atoms with Crippen molar-refractivity contribution >= 4 is 11.9 Å². The van der Waals surface area contributed by atoms with Gasteiger partial charge in [-0.2, -0.15) is 0 Å². The fourth-order valence-electron chi connectivity index (χ4n) is 3.71. The average molecular weight is 426 g/mol. The number of ether oxygens (including phenoxy) is 1. The highest BCUT2D eigenvalue weighted by atomic mass is 19.2. The number of carbonyl (C=O) groups excluding carboxylic acids is 2. The topological polar surface area (TPSA) is 63.3 Å². The van der Waals surface area contributed by atoms with Crippen LogP contribution < -0.4 is 4.74 Å². The summed E-state index contributed by atoms with van der Waals surface area (Å²) in [6.07, 6.45) is 0.730. The quantitative estimate of drug-likeness (QED) is 0.222. The summed E-state index contributed by atoms with van der Waals surface area (Å²) in [5.41, 5.74) is -1.19. The molecule has 0 amide bonds. The lowest BCUT2D eigenvalue weighted by Crippen LogP contribution is -2.23. The maximum absolute atomic E-state index is 14.4. The Morgan fingerprint density at radius 2 is 1.47 bits per heavy atom. The maximum atomic E-state index is 14.4. The Kier molecular flexibility index (Phi) is 6.38. The lowest BCUT2D eigenvalue weighted by molar-refractivity contribution is -0.147. The number of hydrogen-bond acceptors (Lipinski definition) is 3. The van der Waals surface area contributed by atoms with E-state index in [0.29, 0.717) is 6.42 Å². The first kappa shape index (κ1) is 21.7. The smallest absolute Gasteiger partial charge is 0.358 e. The molecular weight excluding hydrogens is 411 g/mol. The number of carbonyl (C=O) groups is 2. The van der Waals surface area contributed by atoms with Gasteiger partial charge >= 0.3 is 11.9 Å². The van der Waals surface area contributed by atoms with E-state index < -0.39 is 64.3 Å². The summed E-state index contributed by atoms with van der Waals surface area (Å²) < 4.78 is 74.8. The summed E-state index contributed by atoms with van der Waals surface area (Å²) in [5.74, 6) is -16.5. The number of halogens is 5. The molecule has 1 fully saturated rings. The summed E-state index contributed by atoms with van der Waals surface area (Å²) in [6, 6.07) is 7.64. The Labute approximate surface area is 168 Å². The van der Waals surface area contributed by atoms with E-state index >= 15 is 0 Å². The van der Waals surface area contributed by atoms with E-state index in [1.54, 1.807) is 18.2 Å². The van der Waals surface area contributed by atoms with Crippen LogP contribution in [0, 0.1) is 47.3 Å². The van der Waals surface area contributed by atoms with Crippen LogP contribution in [0.2, 0.25) is 0 Å². The molecule has 158 valence electrons. The zero-order chi connectivity index (χ0) is 22.0. The van der Waals surface area contributed by atoms with Crippen LogP contribution >= 0.6 is 0 Å². The van der Waals surface area contributed by atoms with Crippen molar-refractivity contribution in [1.82, 2.24) is 0 Å². The molecule has 3 unspecified atom stereocenters. The molecule has 0 N–H and O–H groups in total. The van der Waals surface area contributed by atoms with Crippen molar-refractivity contribution in [3.05, 3.63) is 71.4 Å². The zero-order valence-corrected chi connectivity index (χ0v) is 15.3. The minimum Gasteiger partial charge on any atom is -0.426 e. The third-order valence-electron chi connectivity index (χ3n) is 5.17. The van der Waals surface area contributed by atoms with Gasteiger partial charge in [-0.1, -0.05) is 18.2 Å². The molecule has 4 nitrogen and oxygen atoms in total. The van der Waals surface area contributed by atoms with Crippen LogP contribution in [0.5, 0.6) is 5.75 Å². The van der Waals surface area contributed by atoms with E-state index in [9.17, 15) is 36.6 Å². The lowest BCUT2D eigenvalue weighted by Gasteiger charge is -2.24. The monoisotopic (exact) mass is 426 g/mol. The van der Waals surface area contributed by atoms with Crippen LogP contribution in [0.15, 0.2) is 30.3 Å². The van der Waals surface area contributed by atoms with E-state index in [2.05, 4.69) is 0 Å². The van der Waals surface area contributed by atoms with Crippen LogP contribution in [0.1, 0.15) is 30.7 Å². The van der Waals surface area contributed by atoms with E-state index in [-0.39, 0.29) is 25.0 Å². The van der Waals surface area contributed by atoms with Gasteiger partial charge in [-0.05, 0) is 37.3 Å². The number of para-hydroxylation sites is 1. The van der Waals surface area contributed by atoms with Gasteiger partial charge in [-0.25, -0.2) is 31.9 Å². The molecule has 0 heterocycles. The van der Waals surface area contributed by atoms with Crippen molar-refractivity contribution in [3.63, 3.8) is 0 Å². The SMILES string of the molecule is [O]C(=O)C1CCC(C([CH]C(=O)Oc2ccccc2)c2c(F)c(F)c(F)c(F)c2F)C1. The van der Waals surface area contributed by atoms with Crippen molar-refractivity contribution in [1.29, 1.82) is 0 Å². The molecule has 30 heavy (non-hydrogen) atoms. The van der Waals surface area contributed by atoms with Gasteiger partial charge in [0.25, 0.3) is 0 Å². The van der Waals surface area contributed by atoms with Gasteiger partial charge in [-0.15, -0.1) is 0 Å². The predicted octanol–water partition coefficient (Wildman–Crippen LogP) is 4.65. The number of rotatable bonds is 6. The summed E-state index contributed by atoms with van der Waals surface area (Å²) in [6.45, 7) is 0. The molecule has 2 radical (unpaired) electrons. The second-order valence-corrected chi connectivity index (χ2v) is 7.00. The molecule has 0 saturated heterocycles. The minimum absolute atomic E-state index is 0.0813. The molecule has 0 spiro atoms. The fraction of sp³-hybridized carbons (Fsp3) is 0.286. The molecule has 9 heteroatoms. The summed E-state index contributed by atoms with van der Waals surface area (Å²) in [4.78, 5) is 23.4. The molecular formula is C21H15F5O4. The van der Waals surface area contributed by atoms with Crippen LogP contribution in [0.3, 0.4) is 0 Å². The Balaban J connectivity index is 1.97. The highest BCUT2D eigenvalue weighted by molar-refractivity contribution is 5.82. The molecule has 3 atom stereocenters. The van der Waals surface area contributed by atoms with Gasteiger partial charge < -0.3 is 4.74 Å².